The molecule has 3 rings (SSSR count). The van der Waals surface area contributed by atoms with Gasteiger partial charge in [-0.15, -0.1) is 0 Å². The second-order valence-corrected chi connectivity index (χ2v) is 5.73. The molecule has 2 heterocycles. The summed E-state index contributed by atoms with van der Waals surface area (Å²) in [6.45, 7) is 4.72. The van der Waals surface area contributed by atoms with E-state index in [0.717, 1.165) is 5.56 Å². The Hall–Kier alpha value is -2.37. The highest BCUT2D eigenvalue weighted by atomic mass is 16.6. The molecule has 2 atom stereocenters. The quantitative estimate of drug-likeness (QED) is 0.735. The van der Waals surface area contributed by atoms with E-state index < -0.39 is 17.7 Å². The molecule has 22 heavy (non-hydrogen) atoms. The lowest BCUT2D eigenvalue weighted by Gasteiger charge is -2.35. The van der Waals surface area contributed by atoms with Crippen LogP contribution in [-0.4, -0.2) is 35.4 Å². The summed E-state index contributed by atoms with van der Waals surface area (Å²) in [7, 11) is 0. The van der Waals surface area contributed by atoms with E-state index in [9.17, 15) is 14.4 Å². The summed E-state index contributed by atoms with van der Waals surface area (Å²) in [5, 5.41) is 0. The van der Waals surface area contributed by atoms with Gasteiger partial charge < -0.3 is 9.64 Å². The van der Waals surface area contributed by atoms with Crippen molar-refractivity contribution in [2.75, 3.05) is 11.4 Å². The van der Waals surface area contributed by atoms with Crippen LogP contribution in [0.15, 0.2) is 24.3 Å². The molecule has 6 heteroatoms. The van der Waals surface area contributed by atoms with E-state index in [1.165, 1.54) is 20.8 Å². The second-order valence-electron chi connectivity index (χ2n) is 5.73. The predicted molar refractivity (Wildman–Crippen MR) is 78.8 cm³/mol. The lowest BCUT2D eigenvalue weighted by molar-refractivity contribution is -0.162. The van der Waals surface area contributed by atoms with Crippen LogP contribution in [0.2, 0.25) is 0 Å². The number of nitrogens with zero attached hydrogens (tertiary/aromatic N) is 2. The average molecular weight is 302 g/mol. The first-order valence-electron chi connectivity index (χ1n) is 7.24. The molecule has 2 amide bonds. The fourth-order valence-electron chi connectivity index (χ4n) is 3.67. The number of amides is 2. The third-order valence-electron chi connectivity index (χ3n) is 4.37. The van der Waals surface area contributed by atoms with Gasteiger partial charge in [-0.1, -0.05) is 18.2 Å². The summed E-state index contributed by atoms with van der Waals surface area (Å²) in [5.41, 5.74) is 0.515. The van der Waals surface area contributed by atoms with E-state index in [0.29, 0.717) is 18.7 Å². The van der Waals surface area contributed by atoms with Crippen LogP contribution in [0, 0.1) is 0 Å². The maximum atomic E-state index is 12.2. The average Bonchev–Trinajstić information content (AvgIpc) is 2.90. The molecule has 0 N–H and O–H groups in total. The van der Waals surface area contributed by atoms with Gasteiger partial charge in [0.15, 0.2) is 11.8 Å². The molecule has 6 nitrogen and oxygen atoms in total. The fourth-order valence-corrected chi connectivity index (χ4v) is 3.67. The molecule has 1 saturated heterocycles. The molecular formula is C16H18N2O4. The Labute approximate surface area is 128 Å². The lowest BCUT2D eigenvalue weighted by Crippen LogP contribution is -2.54. The summed E-state index contributed by atoms with van der Waals surface area (Å²) >= 11 is 0. The van der Waals surface area contributed by atoms with Crippen molar-refractivity contribution in [3.63, 3.8) is 0 Å². The molecule has 0 unspecified atom stereocenters. The molecular weight excluding hydrogens is 284 g/mol. The molecule has 116 valence electrons. The first kappa shape index (κ1) is 14.6. The molecule has 0 bridgehead atoms. The Morgan fingerprint density at radius 2 is 1.82 bits per heavy atom. The molecule has 2 aliphatic rings. The van der Waals surface area contributed by atoms with Gasteiger partial charge in [-0.2, -0.15) is 0 Å². The van der Waals surface area contributed by atoms with Crippen LogP contribution in [0.3, 0.4) is 0 Å². The highest BCUT2D eigenvalue weighted by molar-refractivity contribution is 5.97. The Balaban J connectivity index is 2.22. The molecule has 1 aromatic rings. The van der Waals surface area contributed by atoms with Gasteiger partial charge in [-0.25, -0.2) is 0 Å². The van der Waals surface area contributed by atoms with Crippen molar-refractivity contribution < 1.29 is 19.1 Å². The third kappa shape index (κ3) is 1.83. The molecule has 2 aliphatic heterocycles. The number of rotatable bonds is 1. The summed E-state index contributed by atoms with van der Waals surface area (Å²) in [5.74, 6) is -0.742. The van der Waals surface area contributed by atoms with Crippen LogP contribution in [0.25, 0.3) is 0 Å². The number of hydrogen-bond acceptors (Lipinski definition) is 4. The van der Waals surface area contributed by atoms with Gasteiger partial charge in [0.25, 0.3) is 0 Å². The van der Waals surface area contributed by atoms with Gasteiger partial charge in [-0.3, -0.25) is 19.3 Å². The van der Waals surface area contributed by atoms with E-state index in [2.05, 4.69) is 0 Å². The molecule has 0 aromatic heterocycles. The monoisotopic (exact) mass is 302 g/mol. The molecule has 1 aromatic carbocycles. The zero-order valence-electron chi connectivity index (χ0n) is 12.8. The Morgan fingerprint density at radius 3 is 2.41 bits per heavy atom. The molecule has 0 saturated carbocycles. The maximum Gasteiger partial charge on any atom is 0.303 e. The molecule has 0 radical (unpaired) electrons. The topological polar surface area (TPSA) is 66.9 Å². The Bertz CT molecular complexity index is 672. The molecule has 0 aliphatic carbocycles. The van der Waals surface area contributed by atoms with Gasteiger partial charge in [0.05, 0.1) is 5.69 Å². The first-order chi connectivity index (χ1) is 10.4. The van der Waals surface area contributed by atoms with Crippen molar-refractivity contribution in [1.82, 2.24) is 4.90 Å². The van der Waals surface area contributed by atoms with Crippen LogP contribution in [-0.2, 0) is 24.7 Å². The lowest BCUT2D eigenvalue weighted by atomic mass is 9.92. The number of fused-ring (bicyclic) bond motifs is 3. The minimum absolute atomic E-state index is 0.141. The first-order valence-corrected chi connectivity index (χ1v) is 7.24. The van der Waals surface area contributed by atoms with Gasteiger partial charge in [0.1, 0.15) is 0 Å². The van der Waals surface area contributed by atoms with Crippen molar-refractivity contribution in [2.45, 2.75) is 39.0 Å². The summed E-state index contributed by atoms with van der Waals surface area (Å²) in [6, 6.07) is 7.35. The number of carbonyl (C=O) groups excluding carboxylic acids is 3. The Morgan fingerprint density at radius 1 is 1.14 bits per heavy atom. The van der Waals surface area contributed by atoms with Crippen LogP contribution >= 0.6 is 0 Å². The summed E-state index contributed by atoms with van der Waals surface area (Å²) in [4.78, 5) is 39.0. The normalized spacial score (nSPS) is 25.7. The van der Waals surface area contributed by atoms with Crippen molar-refractivity contribution in [2.24, 2.45) is 0 Å². The number of carbonyl (C=O) groups is 3. The fraction of sp³-hybridized carbons (Fsp3) is 0.438. The SMILES string of the molecule is CC(=O)O[C@]12CCN(C(C)=O)[C@H]1N(C(C)=O)c1ccccc12. The number of likely N-dealkylation sites (tertiary alicyclic amines) is 1. The molecule has 0 spiro atoms. The van der Waals surface area contributed by atoms with Gasteiger partial charge >= 0.3 is 5.97 Å². The van der Waals surface area contributed by atoms with Crippen LogP contribution in [0.4, 0.5) is 5.69 Å². The van der Waals surface area contributed by atoms with Crippen molar-refractivity contribution in [1.29, 1.82) is 0 Å². The van der Waals surface area contributed by atoms with E-state index in [-0.39, 0.29) is 11.8 Å². The number of anilines is 1. The number of esters is 1. The summed E-state index contributed by atoms with van der Waals surface area (Å²) < 4.78 is 5.68. The Kier molecular flexibility index (Phi) is 3.20. The van der Waals surface area contributed by atoms with E-state index in [4.69, 9.17) is 4.74 Å². The largest absolute Gasteiger partial charge is 0.450 e. The van der Waals surface area contributed by atoms with E-state index in [1.54, 1.807) is 9.80 Å². The second kappa shape index (κ2) is 4.83. The van der Waals surface area contributed by atoms with Crippen molar-refractivity contribution in [3.8, 4) is 0 Å². The highest BCUT2D eigenvalue weighted by Gasteiger charge is 2.61. The van der Waals surface area contributed by atoms with Gasteiger partial charge in [0, 0.05) is 39.3 Å². The number of ether oxygens (including phenoxy) is 1. The zero-order chi connectivity index (χ0) is 16.1. The molecule has 1 fully saturated rings. The van der Waals surface area contributed by atoms with Crippen LogP contribution in [0.5, 0.6) is 0 Å². The number of para-hydroxylation sites is 1. The predicted octanol–water partition coefficient (Wildman–Crippen LogP) is 1.39. The van der Waals surface area contributed by atoms with Crippen molar-refractivity contribution in [3.05, 3.63) is 29.8 Å². The minimum atomic E-state index is -0.972. The smallest absolute Gasteiger partial charge is 0.303 e. The standard InChI is InChI=1S/C16H18N2O4/c1-10(19)17-9-8-16(22-12(3)21)13-6-4-5-7-14(13)18(11(2)20)15(16)17/h4-7,15H,8-9H2,1-3H3/t15-,16-/m0/s1. The zero-order valence-corrected chi connectivity index (χ0v) is 12.8. The third-order valence-corrected chi connectivity index (χ3v) is 4.37. The maximum absolute atomic E-state index is 12.2. The number of hydrogen-bond donors (Lipinski definition) is 0. The van der Waals surface area contributed by atoms with E-state index >= 15 is 0 Å². The van der Waals surface area contributed by atoms with Gasteiger partial charge in [0.2, 0.25) is 11.8 Å². The van der Waals surface area contributed by atoms with Crippen LogP contribution < -0.4 is 4.90 Å². The van der Waals surface area contributed by atoms with Crippen LogP contribution in [0.1, 0.15) is 32.8 Å². The van der Waals surface area contributed by atoms with Crippen molar-refractivity contribution >= 4 is 23.5 Å². The number of benzene rings is 1. The van der Waals surface area contributed by atoms with Gasteiger partial charge in [-0.05, 0) is 6.07 Å². The highest BCUT2D eigenvalue weighted by Crippen LogP contribution is 2.52. The minimum Gasteiger partial charge on any atom is -0.450 e. The van der Waals surface area contributed by atoms with E-state index in [1.807, 2.05) is 24.3 Å². The summed E-state index contributed by atoms with van der Waals surface area (Å²) in [6.07, 6.45) is -0.124.